The summed E-state index contributed by atoms with van der Waals surface area (Å²) in [7, 11) is -13.2. The smallest absolute Gasteiger partial charge is 0.282 e. The van der Waals surface area contributed by atoms with Gasteiger partial charge in [0.15, 0.2) is 21.8 Å². The Hall–Kier alpha value is -4.70. The van der Waals surface area contributed by atoms with E-state index in [4.69, 9.17) is 5.26 Å². The summed E-state index contributed by atoms with van der Waals surface area (Å²) in [6.07, 6.45) is 5.02. The van der Waals surface area contributed by atoms with E-state index in [0.717, 1.165) is 36.4 Å². The van der Waals surface area contributed by atoms with Gasteiger partial charge in [-0.05, 0) is 95.1 Å². The van der Waals surface area contributed by atoms with E-state index in [2.05, 4.69) is 66.8 Å². The van der Waals surface area contributed by atoms with Crippen molar-refractivity contribution in [1.82, 2.24) is 0 Å². The fourth-order valence-electron chi connectivity index (χ4n) is 8.28. The van der Waals surface area contributed by atoms with Gasteiger partial charge in [-0.25, -0.2) is 18.9 Å². The van der Waals surface area contributed by atoms with E-state index >= 15 is 0 Å². The lowest BCUT2D eigenvalue weighted by molar-refractivity contribution is -0.116. The number of hydrogen-bond donors (Lipinski definition) is 4. The molecule has 20 heteroatoms. The van der Waals surface area contributed by atoms with Gasteiger partial charge in [-0.15, -0.1) is 13.2 Å². The van der Waals surface area contributed by atoms with Crippen molar-refractivity contribution in [3.05, 3.63) is 162 Å². The lowest BCUT2D eigenvalue weighted by Gasteiger charge is -2.31. The number of sulfone groups is 1. The molecule has 0 unspecified atom stereocenters. The Kier molecular flexibility index (Phi) is 16.4. The number of allylic oxidation sites excluding steroid dienone is 2. The maximum atomic E-state index is 13.6. The van der Waals surface area contributed by atoms with Crippen molar-refractivity contribution in [2.75, 3.05) is 0 Å². The molecule has 0 radical (unpaired) electrons. The molecule has 0 aliphatic carbocycles. The van der Waals surface area contributed by atoms with Gasteiger partial charge in [0.1, 0.15) is 0 Å². The quantitative estimate of drug-likeness (QED) is 0.0183. The molecule has 0 bridgehead atoms. The van der Waals surface area contributed by atoms with Crippen molar-refractivity contribution in [3.8, 4) is 11.1 Å². The van der Waals surface area contributed by atoms with E-state index in [-0.39, 0.29) is 34.7 Å². The molecule has 6 aromatic rings. The molecule has 0 aliphatic heterocycles. The number of benzene rings is 6. The van der Waals surface area contributed by atoms with Crippen LogP contribution in [0.4, 0.5) is 0 Å². The second-order valence-corrected chi connectivity index (χ2v) is 22.7. The molecule has 6 rings (SSSR count). The summed E-state index contributed by atoms with van der Waals surface area (Å²) < 4.78 is 108. The highest BCUT2D eigenvalue weighted by Gasteiger charge is 2.29. The van der Waals surface area contributed by atoms with Gasteiger partial charge in [0.2, 0.25) is 9.84 Å². The van der Waals surface area contributed by atoms with Crippen LogP contribution in [0.1, 0.15) is 41.7 Å². The molecular formula is C47H47B3O12S5. The highest BCUT2D eigenvalue weighted by Crippen LogP contribution is 2.36. The molecule has 0 aliphatic rings. The zero-order valence-corrected chi connectivity index (χ0v) is 41.2. The van der Waals surface area contributed by atoms with Gasteiger partial charge >= 0.3 is 0 Å². The van der Waals surface area contributed by atoms with Gasteiger partial charge in [0.25, 0.3) is 20.2 Å². The molecule has 0 amide bonds. The molecule has 4 N–H and O–H groups in total. The summed E-state index contributed by atoms with van der Waals surface area (Å²) in [5, 5.41) is 18.4. The Bertz CT molecular complexity index is 3220. The second kappa shape index (κ2) is 21.3. The van der Waals surface area contributed by atoms with E-state index in [1.807, 2.05) is 24.3 Å². The molecule has 346 valence electrons. The predicted molar refractivity (Wildman–Crippen MR) is 272 cm³/mol. The summed E-state index contributed by atoms with van der Waals surface area (Å²) in [6, 6.07) is 29.4. The van der Waals surface area contributed by atoms with Crippen LogP contribution in [-0.4, -0.2) is 66.7 Å². The predicted octanol–water partition coefficient (Wildman–Crippen LogP) is 5.65. The highest BCUT2D eigenvalue weighted by molar-refractivity contribution is 7.95. The number of rotatable bonds is 20. The van der Waals surface area contributed by atoms with Crippen LogP contribution < -0.4 is 27.3 Å². The highest BCUT2D eigenvalue weighted by atomic mass is 32.2. The molecule has 0 fully saturated rings. The lowest BCUT2D eigenvalue weighted by Crippen LogP contribution is -2.33. The maximum Gasteiger partial charge on any atom is 0.294 e. The Balaban J connectivity index is 1.33. The summed E-state index contributed by atoms with van der Waals surface area (Å²) in [6.45, 7) is 16.1. The first-order valence-electron chi connectivity index (χ1n) is 20.8. The monoisotopic (exact) mass is 996 g/mol. The molecule has 67 heavy (non-hydrogen) atoms. The molecule has 0 saturated carbocycles. The third-order valence-electron chi connectivity index (χ3n) is 11.7. The fraction of sp³-hybridized carbons (Fsp3) is 0.149. The summed E-state index contributed by atoms with van der Waals surface area (Å²) in [4.78, 5) is -1.07. The van der Waals surface area contributed by atoms with Crippen LogP contribution in [-0.2, 0) is 57.0 Å². The van der Waals surface area contributed by atoms with Crippen molar-refractivity contribution < 1.29 is 53.5 Å². The molecule has 6 aromatic carbocycles. The van der Waals surface area contributed by atoms with Gasteiger partial charge in [-0.2, -0.15) is 25.5 Å². The van der Waals surface area contributed by atoms with E-state index < -0.39 is 45.3 Å². The third-order valence-corrected chi connectivity index (χ3v) is 16.6. The van der Waals surface area contributed by atoms with Crippen molar-refractivity contribution in [1.29, 1.82) is 0 Å². The zero-order valence-electron chi connectivity index (χ0n) is 37.1. The van der Waals surface area contributed by atoms with Gasteiger partial charge in [0, 0.05) is 15.2 Å². The summed E-state index contributed by atoms with van der Waals surface area (Å²) in [5.41, 5.74) is 8.35. The Morgan fingerprint density at radius 2 is 1.09 bits per heavy atom. The minimum Gasteiger partial charge on any atom is -0.282 e. The number of hydrogen-bond acceptors (Lipinski definition) is 12. The first-order valence-corrected chi connectivity index (χ1v) is 26.6. The standard InChI is InChI=1S/C47H47B3O12S5/c1-7-9-32-23-34(48-6)14-18-38(32)47(4,5)39-19-15-35(24-33(39)10-8-2)49-41-21-13-31(26-45(41)66(55,56)57)30-12-20-40(44(25-30)64-62-52)50-42-22-17-37(28-46(42)67(58,59)60)65(53,54)36-16-11-29(3)43(27-36)63-61-51/h7-8,11-28,48-52H,1-2,9-10H2,3-6H3,(H,55,56,57)(H,58,59,60). The summed E-state index contributed by atoms with van der Waals surface area (Å²) in [5.74, 6) is 0. The average Bonchev–Trinajstić information content (AvgIpc) is 3.27. The summed E-state index contributed by atoms with van der Waals surface area (Å²) >= 11 is 1.05. The first kappa shape index (κ1) is 51.7. The van der Waals surface area contributed by atoms with Crippen molar-refractivity contribution in [3.63, 3.8) is 0 Å². The van der Waals surface area contributed by atoms with Crippen LogP contribution in [0.3, 0.4) is 0 Å². The van der Waals surface area contributed by atoms with Crippen LogP contribution >= 0.6 is 24.1 Å². The lowest BCUT2D eigenvalue weighted by atomic mass is 9.62. The first-order chi connectivity index (χ1) is 31.7. The third kappa shape index (κ3) is 11.8. The Morgan fingerprint density at radius 3 is 1.67 bits per heavy atom. The van der Waals surface area contributed by atoms with E-state index in [1.165, 1.54) is 53.0 Å². The zero-order chi connectivity index (χ0) is 48.9. The molecule has 0 heterocycles. The SMILES string of the molecule is C=CCc1cc(BC)ccc1C(C)(C)c1ccc(Bc2ccc(-c3ccc(Bc4ccc(S(=O)(=O)c5ccc(C)c(SOO)c5)cc4S(=O)(=O)O)c(SOO)c3)cc2S(=O)(=O)O)cc1CC=C. The largest absolute Gasteiger partial charge is 0.294 e. The van der Waals surface area contributed by atoms with Crippen molar-refractivity contribution in [2.24, 2.45) is 0 Å². The number of aryl methyl sites for hydroxylation is 1. The van der Waals surface area contributed by atoms with Crippen LogP contribution in [0.2, 0.25) is 6.82 Å². The molecule has 12 nitrogen and oxygen atoms in total. The minimum absolute atomic E-state index is 0.0109. The van der Waals surface area contributed by atoms with Gasteiger partial charge in [-0.3, -0.25) is 9.11 Å². The van der Waals surface area contributed by atoms with Gasteiger partial charge in [0.05, 0.1) is 43.7 Å². The molecule has 0 atom stereocenters. The second-order valence-electron chi connectivity index (χ2n) is 16.4. The van der Waals surface area contributed by atoms with Gasteiger partial charge in [-0.1, -0.05) is 133 Å². The van der Waals surface area contributed by atoms with Crippen molar-refractivity contribution >= 4 is 103 Å². The van der Waals surface area contributed by atoms with Crippen LogP contribution in [0, 0.1) is 6.92 Å². The van der Waals surface area contributed by atoms with Crippen LogP contribution in [0.5, 0.6) is 0 Å². The fourth-order valence-corrected chi connectivity index (χ4v) is 12.2. The van der Waals surface area contributed by atoms with Crippen LogP contribution in [0.25, 0.3) is 11.1 Å². The minimum atomic E-state index is -4.99. The van der Waals surface area contributed by atoms with Crippen LogP contribution in [0.15, 0.2) is 164 Å². The van der Waals surface area contributed by atoms with Gasteiger partial charge < -0.3 is 0 Å². The molecule has 0 spiro atoms. The van der Waals surface area contributed by atoms with E-state index in [9.17, 15) is 39.6 Å². The van der Waals surface area contributed by atoms with E-state index in [1.54, 1.807) is 37.3 Å². The molecule has 0 saturated heterocycles. The normalized spacial score (nSPS) is 12.1. The van der Waals surface area contributed by atoms with Crippen molar-refractivity contribution in [2.45, 2.75) is 75.2 Å². The molecule has 0 aromatic heterocycles. The maximum absolute atomic E-state index is 13.6. The average molecular weight is 997 g/mol. The topological polar surface area (TPSA) is 202 Å². The molecular weight excluding hydrogens is 949 g/mol. The Labute approximate surface area is 403 Å². The van der Waals surface area contributed by atoms with E-state index in [0.29, 0.717) is 63.0 Å². The Morgan fingerprint density at radius 1 is 0.597 bits per heavy atom.